The van der Waals surface area contributed by atoms with Crippen LogP contribution in [0.1, 0.15) is 37.0 Å². The van der Waals surface area contributed by atoms with Gasteiger partial charge in [-0.1, -0.05) is 19.1 Å². The maximum Gasteiger partial charge on any atom is 0.253 e. The van der Waals surface area contributed by atoms with Gasteiger partial charge in [0.05, 0.1) is 24.3 Å². The topological polar surface area (TPSA) is 90.5 Å². The van der Waals surface area contributed by atoms with Crippen LogP contribution < -0.4 is 16.0 Å². The summed E-state index contributed by atoms with van der Waals surface area (Å²) in [5.41, 5.74) is 0.939. The molecule has 0 aromatic heterocycles. The van der Waals surface area contributed by atoms with Crippen LogP contribution >= 0.6 is 0 Å². The van der Waals surface area contributed by atoms with Crippen molar-refractivity contribution >= 4 is 23.4 Å². The standard InChI is InChI=1S/C18H26N4O3/c1-3-19-16(23)11-22(4-2)12-17(24)21-15-8-6-5-7-14(15)18(25)20-13-9-10-13/h5-8,13H,3-4,9-12H2,1-2H3,(H,19,23)(H,20,25)(H,21,24). The van der Waals surface area contributed by atoms with Gasteiger partial charge < -0.3 is 16.0 Å². The van der Waals surface area contributed by atoms with Crippen LogP contribution in [0.25, 0.3) is 0 Å². The molecule has 3 amide bonds. The molecule has 7 nitrogen and oxygen atoms in total. The first kappa shape index (κ1) is 18.9. The Bertz CT molecular complexity index is 629. The van der Waals surface area contributed by atoms with E-state index in [1.54, 1.807) is 29.2 Å². The molecule has 0 heterocycles. The van der Waals surface area contributed by atoms with Crippen molar-refractivity contribution in [1.82, 2.24) is 15.5 Å². The van der Waals surface area contributed by atoms with E-state index in [4.69, 9.17) is 0 Å². The lowest BCUT2D eigenvalue weighted by atomic mass is 10.1. The average molecular weight is 346 g/mol. The summed E-state index contributed by atoms with van der Waals surface area (Å²) in [6.45, 7) is 5.14. The highest BCUT2D eigenvalue weighted by atomic mass is 16.2. The highest BCUT2D eigenvalue weighted by Gasteiger charge is 2.25. The van der Waals surface area contributed by atoms with Gasteiger partial charge in [-0.3, -0.25) is 19.3 Å². The molecule has 1 aromatic carbocycles. The molecule has 1 aliphatic rings. The maximum absolute atomic E-state index is 12.3. The molecule has 1 saturated carbocycles. The fourth-order valence-corrected chi connectivity index (χ4v) is 2.41. The highest BCUT2D eigenvalue weighted by Crippen LogP contribution is 2.21. The number of anilines is 1. The predicted molar refractivity (Wildman–Crippen MR) is 96.4 cm³/mol. The third kappa shape index (κ3) is 6.19. The van der Waals surface area contributed by atoms with E-state index in [9.17, 15) is 14.4 Å². The molecule has 3 N–H and O–H groups in total. The van der Waals surface area contributed by atoms with Gasteiger partial charge in [-0.2, -0.15) is 0 Å². The van der Waals surface area contributed by atoms with E-state index in [2.05, 4.69) is 16.0 Å². The van der Waals surface area contributed by atoms with Gasteiger partial charge in [0.2, 0.25) is 11.8 Å². The van der Waals surface area contributed by atoms with Crippen LogP contribution in [0, 0.1) is 0 Å². The monoisotopic (exact) mass is 346 g/mol. The van der Waals surface area contributed by atoms with Crippen LogP contribution in [0.5, 0.6) is 0 Å². The van der Waals surface area contributed by atoms with E-state index >= 15 is 0 Å². The number of benzene rings is 1. The molecule has 1 aliphatic carbocycles. The zero-order valence-electron chi connectivity index (χ0n) is 14.8. The number of amides is 3. The Morgan fingerprint density at radius 1 is 1.08 bits per heavy atom. The van der Waals surface area contributed by atoms with Crippen molar-refractivity contribution in [3.63, 3.8) is 0 Å². The molecule has 136 valence electrons. The van der Waals surface area contributed by atoms with Crippen LogP contribution in [0.4, 0.5) is 5.69 Å². The van der Waals surface area contributed by atoms with Gasteiger partial charge in [-0.15, -0.1) is 0 Å². The SMILES string of the molecule is CCNC(=O)CN(CC)CC(=O)Nc1ccccc1C(=O)NC1CC1. The Morgan fingerprint density at radius 3 is 2.40 bits per heavy atom. The van der Waals surface area contributed by atoms with Gasteiger partial charge in [0.25, 0.3) is 5.91 Å². The zero-order valence-corrected chi connectivity index (χ0v) is 14.8. The molecule has 0 saturated heterocycles. The molecule has 0 aliphatic heterocycles. The summed E-state index contributed by atoms with van der Waals surface area (Å²) in [6, 6.07) is 7.20. The molecule has 0 radical (unpaired) electrons. The van der Waals surface area contributed by atoms with Crippen molar-refractivity contribution in [3.05, 3.63) is 29.8 Å². The van der Waals surface area contributed by atoms with Crippen molar-refractivity contribution < 1.29 is 14.4 Å². The van der Waals surface area contributed by atoms with Crippen LogP contribution in [0.3, 0.4) is 0 Å². The fraction of sp³-hybridized carbons (Fsp3) is 0.500. The Morgan fingerprint density at radius 2 is 1.76 bits per heavy atom. The summed E-state index contributed by atoms with van der Waals surface area (Å²) in [5, 5.41) is 8.42. The van der Waals surface area contributed by atoms with Gasteiger partial charge >= 0.3 is 0 Å². The van der Waals surface area contributed by atoms with Crippen LogP contribution in [-0.2, 0) is 9.59 Å². The Hall–Kier alpha value is -2.41. The van der Waals surface area contributed by atoms with Crippen LogP contribution in [-0.4, -0.2) is 54.8 Å². The van der Waals surface area contributed by atoms with Gasteiger partial charge in [0.1, 0.15) is 0 Å². The van der Waals surface area contributed by atoms with E-state index < -0.39 is 0 Å². The number of carbonyl (C=O) groups excluding carboxylic acids is 3. The van der Waals surface area contributed by atoms with Gasteiger partial charge in [-0.05, 0) is 38.4 Å². The van der Waals surface area contributed by atoms with Crippen LogP contribution in [0.15, 0.2) is 24.3 Å². The first-order valence-electron chi connectivity index (χ1n) is 8.72. The predicted octanol–water partition coefficient (Wildman–Crippen LogP) is 0.975. The van der Waals surface area contributed by atoms with E-state index in [1.165, 1.54) is 0 Å². The summed E-state index contributed by atoms with van der Waals surface area (Å²) < 4.78 is 0. The molecule has 2 rings (SSSR count). The molecule has 25 heavy (non-hydrogen) atoms. The second kappa shape index (κ2) is 9.17. The van der Waals surface area contributed by atoms with Gasteiger partial charge in [-0.25, -0.2) is 0 Å². The Labute approximate surface area is 148 Å². The van der Waals surface area contributed by atoms with E-state index in [0.29, 0.717) is 24.3 Å². The summed E-state index contributed by atoms with van der Waals surface area (Å²) >= 11 is 0. The molecule has 1 aromatic rings. The normalized spacial score (nSPS) is 13.4. The molecule has 0 spiro atoms. The summed E-state index contributed by atoms with van der Waals surface area (Å²) in [4.78, 5) is 38.0. The second-order valence-corrected chi connectivity index (χ2v) is 6.10. The number of nitrogens with zero attached hydrogens (tertiary/aromatic N) is 1. The number of rotatable bonds is 9. The zero-order chi connectivity index (χ0) is 18.2. The number of nitrogens with one attached hydrogen (secondary N) is 3. The molecular formula is C18H26N4O3. The average Bonchev–Trinajstić information content (AvgIpc) is 3.38. The lowest BCUT2D eigenvalue weighted by Crippen LogP contribution is -2.41. The highest BCUT2D eigenvalue weighted by molar-refractivity contribution is 6.04. The Balaban J connectivity index is 1.95. The van der Waals surface area contributed by atoms with Crippen LogP contribution in [0.2, 0.25) is 0 Å². The first-order valence-corrected chi connectivity index (χ1v) is 8.72. The molecule has 1 fully saturated rings. The summed E-state index contributed by atoms with van der Waals surface area (Å²) in [5.74, 6) is -0.535. The quantitative estimate of drug-likeness (QED) is 0.622. The van der Waals surface area contributed by atoms with Gasteiger partial charge in [0.15, 0.2) is 0 Å². The lowest BCUT2D eigenvalue weighted by Gasteiger charge is -2.19. The van der Waals surface area contributed by atoms with Crippen molar-refractivity contribution in [1.29, 1.82) is 0 Å². The minimum absolute atomic E-state index is 0.0895. The summed E-state index contributed by atoms with van der Waals surface area (Å²) in [6.07, 6.45) is 2.01. The molecule has 0 atom stereocenters. The number of likely N-dealkylation sites (N-methyl/N-ethyl adjacent to an activating group) is 2. The number of hydrogen-bond donors (Lipinski definition) is 3. The number of carbonyl (C=O) groups is 3. The van der Waals surface area contributed by atoms with E-state index in [1.807, 2.05) is 13.8 Å². The minimum Gasteiger partial charge on any atom is -0.355 e. The molecule has 0 unspecified atom stereocenters. The third-order valence-corrected chi connectivity index (χ3v) is 3.91. The van der Waals surface area contributed by atoms with Crippen molar-refractivity contribution in [2.24, 2.45) is 0 Å². The van der Waals surface area contributed by atoms with Crippen molar-refractivity contribution in [2.75, 3.05) is 31.5 Å². The van der Waals surface area contributed by atoms with Crippen molar-refractivity contribution in [2.45, 2.75) is 32.7 Å². The maximum atomic E-state index is 12.3. The minimum atomic E-state index is -0.252. The number of hydrogen-bond acceptors (Lipinski definition) is 4. The number of para-hydroxylation sites is 1. The Kier molecular flexibility index (Phi) is 6.94. The van der Waals surface area contributed by atoms with E-state index in [-0.39, 0.29) is 36.9 Å². The molecular weight excluding hydrogens is 320 g/mol. The van der Waals surface area contributed by atoms with E-state index in [0.717, 1.165) is 12.8 Å². The molecule has 0 bridgehead atoms. The molecule has 7 heteroatoms. The smallest absolute Gasteiger partial charge is 0.253 e. The lowest BCUT2D eigenvalue weighted by molar-refractivity contribution is -0.123. The third-order valence-electron chi connectivity index (χ3n) is 3.91. The second-order valence-electron chi connectivity index (χ2n) is 6.10. The fourth-order valence-electron chi connectivity index (χ4n) is 2.41. The first-order chi connectivity index (χ1) is 12.0. The largest absolute Gasteiger partial charge is 0.355 e. The van der Waals surface area contributed by atoms with Crippen molar-refractivity contribution in [3.8, 4) is 0 Å². The summed E-state index contributed by atoms with van der Waals surface area (Å²) in [7, 11) is 0. The van der Waals surface area contributed by atoms with Gasteiger partial charge in [0, 0.05) is 12.6 Å².